The fourth-order valence-electron chi connectivity index (χ4n) is 5.47. The van der Waals surface area contributed by atoms with Gasteiger partial charge in [0.1, 0.15) is 11.1 Å². The van der Waals surface area contributed by atoms with Crippen molar-refractivity contribution in [1.82, 2.24) is 9.88 Å². The number of carbonyl (C=O) groups is 2. The van der Waals surface area contributed by atoms with Gasteiger partial charge in [0.05, 0.1) is 29.1 Å². The van der Waals surface area contributed by atoms with Crippen molar-refractivity contribution in [1.29, 1.82) is 0 Å². The first kappa shape index (κ1) is 22.7. The molecular formula is C27H23ClFN5O2. The summed E-state index contributed by atoms with van der Waals surface area (Å²) >= 11 is 6.75. The standard InChI is InChI=1S/C27H23ClFN5O2/c1-3-20(35)34-8-6-27(7-9-34)26(36)32-19-13-31-25-16(24(19)33-27)10-18(28)22(23(25)29)21-14(2)4-5-15-11-30-12-17(15)21/h3-5,10,12-13,33H,1,6-9,11H2,2H3,(H,32,36). The van der Waals surface area contributed by atoms with Crippen molar-refractivity contribution < 1.29 is 14.0 Å². The van der Waals surface area contributed by atoms with E-state index >= 15 is 4.39 Å². The number of likely N-dealkylation sites (tertiary alicyclic amines) is 1. The van der Waals surface area contributed by atoms with Crippen LogP contribution < -0.4 is 10.6 Å². The Labute approximate surface area is 212 Å². The number of hydrogen-bond acceptors (Lipinski definition) is 5. The third kappa shape index (κ3) is 3.24. The summed E-state index contributed by atoms with van der Waals surface area (Å²) in [7, 11) is 0. The number of carbonyl (C=O) groups excluding carboxylic acids is 2. The molecule has 6 rings (SSSR count). The van der Waals surface area contributed by atoms with Crippen LogP contribution in [0.5, 0.6) is 0 Å². The number of fused-ring (bicyclic) bond motifs is 4. The van der Waals surface area contributed by atoms with E-state index in [1.807, 2.05) is 19.1 Å². The first-order valence-electron chi connectivity index (χ1n) is 11.8. The Morgan fingerprint density at radius 1 is 1.28 bits per heavy atom. The molecule has 0 aliphatic carbocycles. The second-order valence-corrected chi connectivity index (χ2v) is 9.89. The van der Waals surface area contributed by atoms with Crippen LogP contribution in [0, 0.1) is 12.7 Å². The number of aromatic nitrogens is 1. The van der Waals surface area contributed by atoms with E-state index in [-0.39, 0.29) is 22.4 Å². The monoisotopic (exact) mass is 503 g/mol. The Kier molecular flexibility index (Phi) is 5.12. The molecule has 1 spiro atoms. The van der Waals surface area contributed by atoms with E-state index in [9.17, 15) is 9.59 Å². The molecule has 0 unspecified atom stereocenters. The van der Waals surface area contributed by atoms with Crippen molar-refractivity contribution >= 4 is 51.9 Å². The van der Waals surface area contributed by atoms with Crippen LogP contribution in [-0.2, 0) is 16.1 Å². The number of benzene rings is 2. The zero-order chi connectivity index (χ0) is 25.2. The molecule has 2 aromatic carbocycles. The molecule has 0 radical (unpaired) electrons. The lowest BCUT2D eigenvalue weighted by Gasteiger charge is -2.44. The first-order chi connectivity index (χ1) is 17.3. The third-order valence-corrected chi connectivity index (χ3v) is 7.78. The topological polar surface area (TPSA) is 86.7 Å². The van der Waals surface area contributed by atoms with Crippen molar-refractivity contribution in [3.05, 3.63) is 64.6 Å². The van der Waals surface area contributed by atoms with Crippen molar-refractivity contribution in [2.45, 2.75) is 31.8 Å². The van der Waals surface area contributed by atoms with Crippen LogP contribution in [0.25, 0.3) is 22.0 Å². The largest absolute Gasteiger partial charge is 0.369 e. The third-order valence-electron chi connectivity index (χ3n) is 7.48. The lowest BCUT2D eigenvalue weighted by Crippen LogP contribution is -2.59. The average molecular weight is 504 g/mol. The number of anilines is 2. The molecule has 1 fully saturated rings. The van der Waals surface area contributed by atoms with Gasteiger partial charge in [-0.15, -0.1) is 0 Å². The fraction of sp³-hybridized carbons (Fsp3) is 0.259. The lowest BCUT2D eigenvalue weighted by atomic mass is 9.84. The molecule has 0 saturated carbocycles. The van der Waals surface area contributed by atoms with Crippen LogP contribution in [0.4, 0.5) is 15.8 Å². The smallest absolute Gasteiger partial charge is 0.250 e. The summed E-state index contributed by atoms with van der Waals surface area (Å²) in [6, 6.07) is 5.66. The molecule has 36 heavy (non-hydrogen) atoms. The molecule has 3 aliphatic heterocycles. The Hall–Kier alpha value is -3.78. The SMILES string of the molecule is C=CC(=O)N1CCC2(CC1)Nc1c(cnc3c(F)c(-c4c(C)ccc5c4C=NC5)c(Cl)cc13)NC2=O. The van der Waals surface area contributed by atoms with E-state index in [4.69, 9.17) is 11.6 Å². The zero-order valence-corrected chi connectivity index (χ0v) is 20.4. The fourth-order valence-corrected chi connectivity index (χ4v) is 5.76. The number of halogens is 2. The van der Waals surface area contributed by atoms with Gasteiger partial charge in [-0.05, 0) is 48.6 Å². The number of aliphatic imine (C=N–C) groups is 1. The second-order valence-electron chi connectivity index (χ2n) is 9.48. The van der Waals surface area contributed by atoms with Gasteiger partial charge in [0.2, 0.25) is 11.8 Å². The number of nitrogens with zero attached hydrogens (tertiary/aromatic N) is 3. The van der Waals surface area contributed by atoms with Gasteiger partial charge in [-0.3, -0.25) is 19.6 Å². The van der Waals surface area contributed by atoms with Crippen molar-refractivity contribution in [3.63, 3.8) is 0 Å². The number of amides is 2. The van der Waals surface area contributed by atoms with Crippen molar-refractivity contribution in [2.75, 3.05) is 23.7 Å². The lowest BCUT2D eigenvalue weighted by molar-refractivity contribution is -0.130. The number of aryl methyl sites for hydroxylation is 1. The van der Waals surface area contributed by atoms with Crippen molar-refractivity contribution in [3.8, 4) is 11.1 Å². The van der Waals surface area contributed by atoms with Crippen LogP contribution >= 0.6 is 11.6 Å². The highest BCUT2D eigenvalue weighted by Crippen LogP contribution is 2.45. The van der Waals surface area contributed by atoms with Crippen LogP contribution in [0.2, 0.25) is 5.02 Å². The molecule has 2 amide bonds. The van der Waals surface area contributed by atoms with E-state index in [0.717, 1.165) is 22.3 Å². The number of rotatable bonds is 2. The highest BCUT2D eigenvalue weighted by atomic mass is 35.5. The minimum atomic E-state index is -0.922. The van der Waals surface area contributed by atoms with Gasteiger partial charge in [-0.1, -0.05) is 30.3 Å². The molecule has 0 bridgehead atoms. The highest BCUT2D eigenvalue weighted by Gasteiger charge is 2.45. The van der Waals surface area contributed by atoms with Gasteiger partial charge >= 0.3 is 0 Å². The zero-order valence-electron chi connectivity index (χ0n) is 19.6. The molecule has 2 N–H and O–H groups in total. The van der Waals surface area contributed by atoms with Crippen LogP contribution in [0.3, 0.4) is 0 Å². The molecule has 4 heterocycles. The number of nitrogens with one attached hydrogen (secondary N) is 2. The molecule has 1 aromatic heterocycles. The van der Waals surface area contributed by atoms with Gasteiger partial charge in [-0.25, -0.2) is 4.39 Å². The van der Waals surface area contributed by atoms with Gasteiger partial charge in [0, 0.05) is 35.8 Å². The van der Waals surface area contributed by atoms with E-state index in [1.54, 1.807) is 17.2 Å². The van der Waals surface area contributed by atoms with E-state index in [2.05, 4.69) is 27.2 Å². The number of piperidine rings is 1. The molecule has 182 valence electrons. The van der Waals surface area contributed by atoms with Crippen LogP contribution in [0.15, 0.2) is 42.0 Å². The molecule has 0 atom stereocenters. The van der Waals surface area contributed by atoms with Crippen molar-refractivity contribution in [2.24, 2.45) is 4.99 Å². The predicted octanol–water partition coefficient (Wildman–Crippen LogP) is 4.85. The summed E-state index contributed by atoms with van der Waals surface area (Å²) in [5.41, 5.74) is 4.09. The van der Waals surface area contributed by atoms with Gasteiger partial charge in [0.25, 0.3) is 0 Å². The number of pyridine rings is 1. The van der Waals surface area contributed by atoms with Gasteiger partial charge in [-0.2, -0.15) is 0 Å². The Morgan fingerprint density at radius 2 is 2.06 bits per heavy atom. The minimum Gasteiger partial charge on any atom is -0.369 e. The van der Waals surface area contributed by atoms with Crippen LogP contribution in [-0.4, -0.2) is 46.5 Å². The minimum absolute atomic E-state index is 0.162. The normalized spacial score (nSPS) is 17.5. The maximum atomic E-state index is 16.2. The summed E-state index contributed by atoms with van der Waals surface area (Å²) in [4.78, 5) is 35.5. The van der Waals surface area contributed by atoms with E-state index in [1.165, 1.54) is 12.3 Å². The van der Waals surface area contributed by atoms with Crippen LogP contribution in [0.1, 0.15) is 29.5 Å². The summed E-state index contributed by atoms with van der Waals surface area (Å²) in [6.07, 6.45) is 5.33. The second kappa shape index (κ2) is 8.13. The molecule has 7 nitrogen and oxygen atoms in total. The summed E-state index contributed by atoms with van der Waals surface area (Å²) in [5.74, 6) is -0.874. The summed E-state index contributed by atoms with van der Waals surface area (Å²) < 4.78 is 16.2. The first-order valence-corrected chi connectivity index (χ1v) is 12.1. The Morgan fingerprint density at radius 3 is 2.81 bits per heavy atom. The maximum Gasteiger partial charge on any atom is 0.250 e. The number of hydrogen-bond donors (Lipinski definition) is 2. The average Bonchev–Trinajstić information content (AvgIpc) is 3.35. The van der Waals surface area contributed by atoms with E-state index in [0.29, 0.717) is 54.8 Å². The quantitative estimate of drug-likeness (QED) is 0.490. The molecular weight excluding hydrogens is 481 g/mol. The maximum absolute atomic E-state index is 16.2. The predicted molar refractivity (Wildman–Crippen MR) is 139 cm³/mol. The highest BCUT2D eigenvalue weighted by molar-refractivity contribution is 6.35. The Balaban J connectivity index is 1.46. The Bertz CT molecular complexity index is 1520. The summed E-state index contributed by atoms with van der Waals surface area (Å²) in [5, 5.41) is 7.06. The molecule has 3 aliphatic rings. The summed E-state index contributed by atoms with van der Waals surface area (Å²) in [6.45, 7) is 6.83. The molecule has 9 heteroatoms. The van der Waals surface area contributed by atoms with Gasteiger partial charge < -0.3 is 15.5 Å². The molecule has 3 aromatic rings. The van der Waals surface area contributed by atoms with E-state index < -0.39 is 11.4 Å². The molecule has 1 saturated heterocycles. The van der Waals surface area contributed by atoms with Gasteiger partial charge in [0.15, 0.2) is 5.82 Å².